The number of carbonyl (C=O) groups is 1. The predicted molar refractivity (Wildman–Crippen MR) is 66.6 cm³/mol. The molecule has 0 bridgehead atoms. The van der Waals surface area contributed by atoms with E-state index in [1.54, 1.807) is 6.92 Å². The first-order chi connectivity index (χ1) is 7.99. The molecule has 1 aromatic carbocycles. The first kappa shape index (κ1) is 11.7. The van der Waals surface area contributed by atoms with Crippen LogP contribution in [0.1, 0.15) is 31.1 Å². The monoisotopic (exact) mass is 231 g/mol. The molecule has 0 radical (unpaired) electrons. The molecule has 0 aliphatic carbocycles. The van der Waals surface area contributed by atoms with E-state index in [0.717, 1.165) is 0 Å². The van der Waals surface area contributed by atoms with E-state index in [1.807, 2.05) is 44.2 Å². The van der Waals surface area contributed by atoms with Gasteiger partial charge in [-0.25, -0.2) is 0 Å². The van der Waals surface area contributed by atoms with Crippen LogP contribution in [0, 0.1) is 0 Å². The van der Waals surface area contributed by atoms with E-state index >= 15 is 0 Å². The summed E-state index contributed by atoms with van der Waals surface area (Å²) < 4.78 is 5.52. The average Bonchev–Trinajstić information content (AvgIpc) is 2.69. The van der Waals surface area contributed by atoms with Crippen LogP contribution in [-0.4, -0.2) is 17.9 Å². The minimum Gasteiger partial charge on any atom is -0.476 e. The second-order valence-electron chi connectivity index (χ2n) is 4.95. The van der Waals surface area contributed by atoms with Crippen LogP contribution in [-0.2, 0) is 4.74 Å². The van der Waals surface area contributed by atoms with Crippen LogP contribution in [0.25, 0.3) is 0 Å². The third-order valence-corrected chi connectivity index (χ3v) is 2.75. The SMILES string of the molecule is CC(C(=O)c1ccccc1)=C1NC(C)(C)CO1. The molecule has 1 heterocycles. The molecule has 90 valence electrons. The Morgan fingerprint density at radius 1 is 1.29 bits per heavy atom. The van der Waals surface area contributed by atoms with E-state index < -0.39 is 0 Å². The highest BCUT2D eigenvalue weighted by molar-refractivity contribution is 6.08. The number of Topliss-reactive ketones (excluding diaryl/α,β-unsaturated/α-hetero) is 1. The van der Waals surface area contributed by atoms with Crippen molar-refractivity contribution in [2.24, 2.45) is 0 Å². The first-order valence-corrected chi connectivity index (χ1v) is 5.71. The van der Waals surface area contributed by atoms with Gasteiger partial charge in [-0.15, -0.1) is 0 Å². The van der Waals surface area contributed by atoms with Gasteiger partial charge in [-0.1, -0.05) is 30.3 Å². The van der Waals surface area contributed by atoms with E-state index in [1.165, 1.54) is 0 Å². The summed E-state index contributed by atoms with van der Waals surface area (Å²) in [5.41, 5.74) is 1.21. The largest absolute Gasteiger partial charge is 0.476 e. The number of hydrogen-bond donors (Lipinski definition) is 1. The van der Waals surface area contributed by atoms with Crippen molar-refractivity contribution in [1.82, 2.24) is 5.32 Å². The third kappa shape index (κ3) is 2.49. The molecule has 1 aliphatic rings. The molecule has 0 atom stereocenters. The van der Waals surface area contributed by atoms with Crippen LogP contribution in [0.15, 0.2) is 41.8 Å². The standard InChI is InChI=1S/C14H17NO2/c1-10(13-15-14(2,3)9-17-13)12(16)11-7-5-4-6-8-11/h4-8,15H,9H2,1-3H3. The summed E-state index contributed by atoms with van der Waals surface area (Å²) >= 11 is 0. The highest BCUT2D eigenvalue weighted by atomic mass is 16.5. The van der Waals surface area contributed by atoms with E-state index in [2.05, 4.69) is 5.32 Å². The first-order valence-electron chi connectivity index (χ1n) is 5.71. The van der Waals surface area contributed by atoms with Gasteiger partial charge in [-0.2, -0.15) is 0 Å². The van der Waals surface area contributed by atoms with Crippen LogP contribution in [0.2, 0.25) is 0 Å². The Bertz CT molecular complexity index is 460. The molecule has 0 saturated carbocycles. The van der Waals surface area contributed by atoms with E-state index in [0.29, 0.717) is 23.6 Å². The quantitative estimate of drug-likeness (QED) is 0.627. The maximum absolute atomic E-state index is 12.2. The summed E-state index contributed by atoms with van der Waals surface area (Å²) in [5.74, 6) is 0.606. The van der Waals surface area contributed by atoms with Crippen molar-refractivity contribution >= 4 is 5.78 Å². The number of nitrogens with one attached hydrogen (secondary N) is 1. The summed E-state index contributed by atoms with van der Waals surface area (Å²) in [6.07, 6.45) is 0. The zero-order chi connectivity index (χ0) is 12.5. The summed E-state index contributed by atoms with van der Waals surface area (Å²) in [7, 11) is 0. The molecule has 0 unspecified atom stereocenters. The lowest BCUT2D eigenvalue weighted by Gasteiger charge is -2.14. The number of allylic oxidation sites excluding steroid dienone is 1. The Labute approximate surface area is 101 Å². The number of ether oxygens (including phenoxy) is 1. The van der Waals surface area contributed by atoms with Gasteiger partial charge in [0.15, 0.2) is 11.7 Å². The Balaban J connectivity index is 2.24. The number of benzene rings is 1. The number of hydrogen-bond acceptors (Lipinski definition) is 3. The van der Waals surface area contributed by atoms with E-state index in [9.17, 15) is 4.79 Å². The van der Waals surface area contributed by atoms with Crippen LogP contribution < -0.4 is 5.32 Å². The Hall–Kier alpha value is -1.77. The normalized spacial score (nSPS) is 20.4. The smallest absolute Gasteiger partial charge is 0.194 e. The van der Waals surface area contributed by atoms with Crippen LogP contribution >= 0.6 is 0 Å². The molecule has 3 nitrogen and oxygen atoms in total. The second kappa shape index (κ2) is 4.24. The summed E-state index contributed by atoms with van der Waals surface area (Å²) in [6.45, 7) is 6.46. The Morgan fingerprint density at radius 2 is 1.94 bits per heavy atom. The molecule has 17 heavy (non-hydrogen) atoms. The molecule has 2 rings (SSSR count). The van der Waals surface area contributed by atoms with Gasteiger partial charge in [0.05, 0.1) is 11.1 Å². The molecule has 1 aromatic rings. The maximum atomic E-state index is 12.2. The summed E-state index contributed by atoms with van der Waals surface area (Å²) in [5, 5.41) is 3.22. The second-order valence-corrected chi connectivity index (χ2v) is 4.95. The van der Waals surface area contributed by atoms with E-state index in [-0.39, 0.29) is 11.3 Å². The summed E-state index contributed by atoms with van der Waals surface area (Å²) in [4.78, 5) is 12.2. The Kier molecular flexibility index (Phi) is 2.92. The van der Waals surface area contributed by atoms with Crippen LogP contribution in [0.4, 0.5) is 0 Å². The summed E-state index contributed by atoms with van der Waals surface area (Å²) in [6, 6.07) is 9.24. The van der Waals surface area contributed by atoms with Gasteiger partial charge in [0.2, 0.25) is 0 Å². The zero-order valence-electron chi connectivity index (χ0n) is 10.4. The van der Waals surface area contributed by atoms with Crippen LogP contribution in [0.5, 0.6) is 0 Å². The highest BCUT2D eigenvalue weighted by Crippen LogP contribution is 2.21. The van der Waals surface area contributed by atoms with Crippen molar-refractivity contribution in [3.63, 3.8) is 0 Å². The van der Waals surface area contributed by atoms with Crippen molar-refractivity contribution in [3.8, 4) is 0 Å². The molecule has 0 amide bonds. The minimum atomic E-state index is -0.104. The number of carbonyl (C=O) groups excluding carboxylic acids is 1. The maximum Gasteiger partial charge on any atom is 0.194 e. The van der Waals surface area contributed by atoms with Crippen molar-refractivity contribution in [2.75, 3.05) is 6.61 Å². The third-order valence-electron chi connectivity index (χ3n) is 2.75. The number of ketones is 1. The molecular weight excluding hydrogens is 214 g/mol. The lowest BCUT2D eigenvalue weighted by Crippen LogP contribution is -2.34. The van der Waals surface area contributed by atoms with Crippen molar-refractivity contribution in [2.45, 2.75) is 26.3 Å². The van der Waals surface area contributed by atoms with Crippen molar-refractivity contribution in [1.29, 1.82) is 0 Å². The minimum absolute atomic E-state index is 0.00537. The Morgan fingerprint density at radius 3 is 2.47 bits per heavy atom. The van der Waals surface area contributed by atoms with Crippen LogP contribution in [0.3, 0.4) is 0 Å². The molecule has 1 fully saturated rings. The van der Waals surface area contributed by atoms with Gasteiger partial charge < -0.3 is 10.1 Å². The van der Waals surface area contributed by atoms with Crippen molar-refractivity contribution < 1.29 is 9.53 Å². The van der Waals surface area contributed by atoms with Gasteiger partial charge in [0.1, 0.15) is 6.61 Å². The van der Waals surface area contributed by atoms with Gasteiger partial charge in [-0.3, -0.25) is 4.79 Å². The molecule has 3 heteroatoms. The van der Waals surface area contributed by atoms with Crippen molar-refractivity contribution in [3.05, 3.63) is 47.4 Å². The topological polar surface area (TPSA) is 38.3 Å². The fraction of sp³-hybridized carbons (Fsp3) is 0.357. The van der Waals surface area contributed by atoms with Gasteiger partial charge >= 0.3 is 0 Å². The lowest BCUT2D eigenvalue weighted by atomic mass is 10.0. The molecule has 1 saturated heterocycles. The van der Waals surface area contributed by atoms with Gasteiger partial charge in [-0.05, 0) is 20.8 Å². The van der Waals surface area contributed by atoms with Gasteiger partial charge in [0, 0.05) is 5.56 Å². The van der Waals surface area contributed by atoms with Gasteiger partial charge in [0.25, 0.3) is 0 Å². The number of rotatable bonds is 2. The highest BCUT2D eigenvalue weighted by Gasteiger charge is 2.29. The van der Waals surface area contributed by atoms with E-state index in [4.69, 9.17) is 4.74 Å². The molecule has 0 spiro atoms. The molecule has 0 aromatic heterocycles. The fourth-order valence-corrected chi connectivity index (χ4v) is 1.74. The molecule has 1 aliphatic heterocycles. The zero-order valence-corrected chi connectivity index (χ0v) is 10.4. The average molecular weight is 231 g/mol. The molecule has 1 N–H and O–H groups in total. The molecular formula is C14H17NO2. The fourth-order valence-electron chi connectivity index (χ4n) is 1.74. The predicted octanol–water partition coefficient (Wildman–Crippen LogP) is 2.50. The lowest BCUT2D eigenvalue weighted by molar-refractivity contribution is 0.102.